The molecule has 0 amide bonds. The standard InChI is InChI=1S/C15H21NS/c1-6-15(17-5)16-12(4)14-9-7-13(8-10-14)11(2)3/h7-11H,4,6H2,1-3,5H3. The van der Waals surface area contributed by atoms with Gasteiger partial charge in [-0.25, -0.2) is 4.99 Å². The summed E-state index contributed by atoms with van der Waals surface area (Å²) in [6.07, 6.45) is 3.02. The molecule has 0 spiro atoms. The molecule has 1 rings (SSSR count). The molecule has 0 radical (unpaired) electrons. The number of rotatable bonds is 4. The lowest BCUT2D eigenvalue weighted by atomic mass is 10.0. The van der Waals surface area contributed by atoms with Crippen molar-refractivity contribution in [2.24, 2.45) is 4.99 Å². The van der Waals surface area contributed by atoms with Gasteiger partial charge in [0.05, 0.1) is 10.7 Å². The van der Waals surface area contributed by atoms with Crippen LogP contribution in [0.1, 0.15) is 44.2 Å². The Kier molecular flexibility index (Phi) is 5.49. The van der Waals surface area contributed by atoms with Gasteiger partial charge in [-0.15, -0.1) is 11.8 Å². The van der Waals surface area contributed by atoms with Gasteiger partial charge in [0.2, 0.25) is 0 Å². The van der Waals surface area contributed by atoms with Gasteiger partial charge in [-0.3, -0.25) is 0 Å². The smallest absolute Gasteiger partial charge is 0.0733 e. The van der Waals surface area contributed by atoms with E-state index in [1.807, 2.05) is 0 Å². The van der Waals surface area contributed by atoms with Crippen LogP contribution in [0.25, 0.3) is 5.70 Å². The Labute approximate surface area is 109 Å². The van der Waals surface area contributed by atoms with Crippen LogP contribution in [-0.2, 0) is 0 Å². The number of hydrogen-bond donors (Lipinski definition) is 0. The molecule has 0 aromatic heterocycles. The highest BCUT2D eigenvalue weighted by Crippen LogP contribution is 2.20. The highest BCUT2D eigenvalue weighted by atomic mass is 32.2. The van der Waals surface area contributed by atoms with Crippen LogP contribution in [0.15, 0.2) is 35.8 Å². The molecule has 0 aliphatic rings. The molecule has 2 heteroatoms. The first-order valence-electron chi connectivity index (χ1n) is 5.99. The van der Waals surface area contributed by atoms with Gasteiger partial charge in [0.1, 0.15) is 0 Å². The molecule has 1 nitrogen and oxygen atoms in total. The topological polar surface area (TPSA) is 12.4 Å². The van der Waals surface area contributed by atoms with Crippen molar-refractivity contribution in [1.82, 2.24) is 0 Å². The molecule has 0 N–H and O–H groups in total. The van der Waals surface area contributed by atoms with Gasteiger partial charge in [0, 0.05) is 0 Å². The largest absolute Gasteiger partial charge is 0.247 e. The molecule has 0 atom stereocenters. The first-order valence-corrected chi connectivity index (χ1v) is 7.21. The molecule has 0 bridgehead atoms. The maximum absolute atomic E-state index is 4.54. The molecule has 17 heavy (non-hydrogen) atoms. The Morgan fingerprint density at radius 2 is 1.88 bits per heavy atom. The molecule has 1 aromatic rings. The minimum Gasteiger partial charge on any atom is -0.247 e. The van der Waals surface area contributed by atoms with E-state index in [0.29, 0.717) is 5.92 Å². The van der Waals surface area contributed by atoms with Crippen molar-refractivity contribution in [3.8, 4) is 0 Å². The Hall–Kier alpha value is -1.02. The van der Waals surface area contributed by atoms with Crippen LogP contribution in [0.5, 0.6) is 0 Å². The number of aliphatic imine (C=N–C) groups is 1. The zero-order valence-corrected chi connectivity index (χ0v) is 12.0. The summed E-state index contributed by atoms with van der Waals surface area (Å²) in [5.74, 6) is 0.568. The van der Waals surface area contributed by atoms with Gasteiger partial charge in [-0.2, -0.15) is 0 Å². The Morgan fingerprint density at radius 1 is 1.29 bits per heavy atom. The minimum absolute atomic E-state index is 0.568. The third kappa shape index (κ3) is 4.04. The molecular weight excluding hydrogens is 226 g/mol. The molecule has 0 heterocycles. The average Bonchev–Trinajstić information content (AvgIpc) is 2.35. The van der Waals surface area contributed by atoms with Gasteiger partial charge in [-0.1, -0.05) is 51.6 Å². The molecule has 92 valence electrons. The number of thioether (sulfide) groups is 1. The van der Waals surface area contributed by atoms with Crippen molar-refractivity contribution in [3.05, 3.63) is 42.0 Å². The predicted molar refractivity (Wildman–Crippen MR) is 80.8 cm³/mol. The lowest BCUT2D eigenvalue weighted by Crippen LogP contribution is -1.91. The van der Waals surface area contributed by atoms with Crippen LogP contribution in [0.4, 0.5) is 0 Å². The summed E-state index contributed by atoms with van der Waals surface area (Å²) in [5.41, 5.74) is 3.31. The first-order chi connectivity index (χ1) is 8.08. The fourth-order valence-corrected chi connectivity index (χ4v) is 2.03. The summed E-state index contributed by atoms with van der Waals surface area (Å²) in [5, 5.41) is 1.13. The van der Waals surface area contributed by atoms with Crippen molar-refractivity contribution in [3.63, 3.8) is 0 Å². The maximum atomic E-state index is 4.54. The number of benzene rings is 1. The zero-order chi connectivity index (χ0) is 12.8. The van der Waals surface area contributed by atoms with Crippen molar-refractivity contribution in [2.75, 3.05) is 6.26 Å². The molecule has 1 aromatic carbocycles. The fourth-order valence-electron chi connectivity index (χ4n) is 1.54. The van der Waals surface area contributed by atoms with Gasteiger partial charge in [-0.05, 0) is 29.7 Å². The Bertz CT molecular complexity index is 395. The van der Waals surface area contributed by atoms with Crippen LogP contribution in [0.2, 0.25) is 0 Å². The Balaban J connectivity index is 2.87. The lowest BCUT2D eigenvalue weighted by molar-refractivity contribution is 0.866. The summed E-state index contributed by atoms with van der Waals surface area (Å²) in [7, 11) is 0. The lowest BCUT2D eigenvalue weighted by Gasteiger charge is -2.07. The maximum Gasteiger partial charge on any atom is 0.0733 e. The molecule has 0 aliphatic heterocycles. The summed E-state index contributed by atoms with van der Waals surface area (Å²) < 4.78 is 0. The third-order valence-corrected chi connectivity index (χ3v) is 3.56. The van der Waals surface area contributed by atoms with Gasteiger partial charge in [0.15, 0.2) is 0 Å². The molecule has 0 aliphatic carbocycles. The summed E-state index contributed by atoms with van der Waals surface area (Å²) in [6, 6.07) is 8.53. The van der Waals surface area contributed by atoms with E-state index in [1.165, 1.54) is 5.56 Å². The van der Waals surface area contributed by atoms with E-state index in [4.69, 9.17) is 0 Å². The second kappa shape index (κ2) is 6.65. The van der Waals surface area contributed by atoms with E-state index in [9.17, 15) is 0 Å². The fraction of sp³-hybridized carbons (Fsp3) is 0.400. The molecule has 0 unspecified atom stereocenters. The van der Waals surface area contributed by atoms with E-state index in [2.05, 4.69) is 62.9 Å². The van der Waals surface area contributed by atoms with Crippen molar-refractivity contribution in [1.29, 1.82) is 0 Å². The summed E-state index contributed by atoms with van der Waals surface area (Å²) >= 11 is 1.69. The molecule has 0 saturated carbocycles. The van der Waals surface area contributed by atoms with E-state index >= 15 is 0 Å². The highest BCUT2D eigenvalue weighted by Gasteiger charge is 2.02. The van der Waals surface area contributed by atoms with Crippen molar-refractivity contribution >= 4 is 22.5 Å². The predicted octanol–water partition coefficient (Wildman–Crippen LogP) is 4.95. The highest BCUT2D eigenvalue weighted by molar-refractivity contribution is 8.13. The van der Waals surface area contributed by atoms with Gasteiger partial charge < -0.3 is 0 Å². The van der Waals surface area contributed by atoms with E-state index < -0.39 is 0 Å². The molecule has 0 saturated heterocycles. The summed E-state index contributed by atoms with van der Waals surface area (Å²) in [4.78, 5) is 4.54. The molecule has 0 fully saturated rings. The van der Waals surface area contributed by atoms with Crippen LogP contribution in [0.3, 0.4) is 0 Å². The average molecular weight is 247 g/mol. The molecular formula is C15H21NS. The van der Waals surface area contributed by atoms with E-state index in [-0.39, 0.29) is 0 Å². The monoisotopic (exact) mass is 247 g/mol. The van der Waals surface area contributed by atoms with Crippen LogP contribution in [0, 0.1) is 0 Å². The zero-order valence-electron chi connectivity index (χ0n) is 11.2. The van der Waals surface area contributed by atoms with Crippen molar-refractivity contribution < 1.29 is 0 Å². The quantitative estimate of drug-likeness (QED) is 0.541. The number of nitrogens with zero attached hydrogens (tertiary/aromatic N) is 1. The van der Waals surface area contributed by atoms with Crippen LogP contribution < -0.4 is 0 Å². The first kappa shape index (κ1) is 14.0. The SMILES string of the molecule is C=C(N=C(CC)SC)c1ccc(C(C)C)cc1. The summed E-state index contributed by atoms with van der Waals surface area (Å²) in [6.45, 7) is 10.5. The van der Waals surface area contributed by atoms with E-state index in [1.54, 1.807) is 11.8 Å². The van der Waals surface area contributed by atoms with E-state index in [0.717, 1.165) is 22.7 Å². The Morgan fingerprint density at radius 3 is 2.29 bits per heavy atom. The third-order valence-electron chi connectivity index (χ3n) is 2.71. The number of hydrogen-bond acceptors (Lipinski definition) is 2. The van der Waals surface area contributed by atoms with Crippen LogP contribution >= 0.6 is 11.8 Å². The van der Waals surface area contributed by atoms with Crippen LogP contribution in [-0.4, -0.2) is 11.3 Å². The normalized spacial score (nSPS) is 11.9. The second-order valence-corrected chi connectivity index (χ2v) is 5.17. The van der Waals surface area contributed by atoms with Gasteiger partial charge >= 0.3 is 0 Å². The van der Waals surface area contributed by atoms with Crippen molar-refractivity contribution in [2.45, 2.75) is 33.1 Å². The second-order valence-electron chi connectivity index (χ2n) is 4.29. The van der Waals surface area contributed by atoms with Gasteiger partial charge in [0.25, 0.3) is 0 Å². The minimum atomic E-state index is 0.568.